The van der Waals surface area contributed by atoms with Gasteiger partial charge in [-0.25, -0.2) is 4.98 Å². The smallest absolute Gasteiger partial charge is 0.288 e. The van der Waals surface area contributed by atoms with E-state index < -0.39 is 10.8 Å². The first-order valence-electron chi connectivity index (χ1n) is 5.45. The Morgan fingerprint density at radius 2 is 1.86 bits per heavy atom. The molecular formula is C12H6Cl3N3O3. The number of anilines is 1. The maximum atomic E-state index is 12.1. The van der Waals surface area contributed by atoms with Crippen molar-refractivity contribution in [2.24, 2.45) is 0 Å². The Hall–Kier alpha value is -1.89. The number of nitrogens with one attached hydrogen (secondary N) is 1. The van der Waals surface area contributed by atoms with Crippen molar-refractivity contribution < 1.29 is 9.72 Å². The molecule has 0 aliphatic rings. The van der Waals surface area contributed by atoms with E-state index in [1.807, 2.05) is 0 Å². The predicted molar refractivity (Wildman–Crippen MR) is 80.3 cm³/mol. The summed E-state index contributed by atoms with van der Waals surface area (Å²) in [7, 11) is 0. The number of carbonyl (C=O) groups is 1. The van der Waals surface area contributed by atoms with Gasteiger partial charge in [0, 0.05) is 6.07 Å². The third kappa shape index (κ3) is 3.41. The lowest BCUT2D eigenvalue weighted by atomic mass is 10.2. The number of hydrogen-bond donors (Lipinski definition) is 1. The van der Waals surface area contributed by atoms with E-state index in [4.69, 9.17) is 34.8 Å². The van der Waals surface area contributed by atoms with Gasteiger partial charge in [-0.15, -0.1) is 0 Å². The van der Waals surface area contributed by atoms with Gasteiger partial charge in [0.25, 0.3) is 11.6 Å². The first-order chi connectivity index (χ1) is 9.90. The summed E-state index contributed by atoms with van der Waals surface area (Å²) in [5, 5.41) is 13.4. The first-order valence-corrected chi connectivity index (χ1v) is 6.59. The fourth-order valence-electron chi connectivity index (χ4n) is 1.49. The Kier molecular flexibility index (Phi) is 4.62. The first kappa shape index (κ1) is 15.5. The molecule has 1 N–H and O–H groups in total. The van der Waals surface area contributed by atoms with Gasteiger partial charge in [-0.2, -0.15) is 0 Å². The van der Waals surface area contributed by atoms with E-state index in [2.05, 4.69) is 10.3 Å². The largest absolute Gasteiger partial charge is 0.319 e. The number of benzene rings is 1. The van der Waals surface area contributed by atoms with Crippen LogP contribution in [0.15, 0.2) is 30.5 Å². The zero-order valence-electron chi connectivity index (χ0n) is 10.1. The topological polar surface area (TPSA) is 85.1 Å². The van der Waals surface area contributed by atoms with Gasteiger partial charge in [0.2, 0.25) is 0 Å². The maximum Gasteiger partial charge on any atom is 0.288 e. The fraction of sp³-hybridized carbons (Fsp3) is 0. The minimum Gasteiger partial charge on any atom is -0.319 e. The Balaban J connectivity index is 2.37. The molecule has 21 heavy (non-hydrogen) atoms. The molecule has 1 amide bonds. The number of nitrogens with zero attached hydrogens (tertiary/aromatic N) is 2. The molecule has 6 nitrogen and oxygen atoms in total. The van der Waals surface area contributed by atoms with Crippen molar-refractivity contribution >= 4 is 52.1 Å². The van der Waals surface area contributed by atoms with E-state index in [1.165, 1.54) is 12.1 Å². The molecule has 0 aliphatic carbocycles. The van der Waals surface area contributed by atoms with Gasteiger partial charge in [-0.3, -0.25) is 14.9 Å². The average Bonchev–Trinajstić information content (AvgIpc) is 2.43. The predicted octanol–water partition coefficient (Wildman–Crippen LogP) is 4.20. The molecule has 0 radical (unpaired) electrons. The summed E-state index contributed by atoms with van der Waals surface area (Å²) in [5.74, 6) is -0.703. The lowest BCUT2D eigenvalue weighted by Crippen LogP contribution is -2.14. The van der Waals surface area contributed by atoms with Gasteiger partial charge < -0.3 is 5.32 Å². The van der Waals surface area contributed by atoms with Crippen molar-refractivity contribution in [3.8, 4) is 0 Å². The van der Waals surface area contributed by atoms with Crippen molar-refractivity contribution in [1.82, 2.24) is 4.98 Å². The molecule has 2 rings (SSSR count). The molecule has 0 saturated carbocycles. The highest BCUT2D eigenvalue weighted by Crippen LogP contribution is 2.31. The van der Waals surface area contributed by atoms with Crippen LogP contribution < -0.4 is 5.32 Å². The number of para-hydroxylation sites is 1. The normalized spacial score (nSPS) is 10.2. The van der Waals surface area contributed by atoms with Gasteiger partial charge in [0.05, 0.1) is 26.2 Å². The maximum absolute atomic E-state index is 12.1. The van der Waals surface area contributed by atoms with Crippen LogP contribution in [-0.4, -0.2) is 15.8 Å². The van der Waals surface area contributed by atoms with Crippen LogP contribution in [0, 0.1) is 10.1 Å². The molecule has 0 spiro atoms. The number of amides is 1. The van der Waals surface area contributed by atoms with Crippen molar-refractivity contribution in [2.45, 2.75) is 0 Å². The number of hydrogen-bond acceptors (Lipinski definition) is 4. The summed E-state index contributed by atoms with van der Waals surface area (Å²) in [5.41, 5.74) is -0.315. The van der Waals surface area contributed by atoms with Crippen LogP contribution in [0.5, 0.6) is 0 Å². The monoisotopic (exact) mass is 345 g/mol. The van der Waals surface area contributed by atoms with E-state index in [0.29, 0.717) is 0 Å². The molecule has 0 saturated heterocycles. The lowest BCUT2D eigenvalue weighted by Gasteiger charge is -2.09. The van der Waals surface area contributed by atoms with Crippen LogP contribution in [0.2, 0.25) is 15.2 Å². The van der Waals surface area contributed by atoms with Crippen molar-refractivity contribution in [1.29, 1.82) is 0 Å². The van der Waals surface area contributed by atoms with E-state index in [1.54, 1.807) is 6.07 Å². The molecule has 1 aromatic heterocycles. The van der Waals surface area contributed by atoms with Crippen LogP contribution in [0.3, 0.4) is 0 Å². The number of halogens is 3. The number of rotatable bonds is 3. The molecular weight excluding hydrogens is 341 g/mol. The van der Waals surface area contributed by atoms with E-state index in [0.717, 1.165) is 12.3 Å². The highest BCUT2D eigenvalue weighted by Gasteiger charge is 2.19. The van der Waals surface area contributed by atoms with E-state index >= 15 is 0 Å². The number of aromatic nitrogens is 1. The summed E-state index contributed by atoms with van der Waals surface area (Å²) >= 11 is 17.6. The van der Waals surface area contributed by atoms with Crippen LogP contribution >= 0.6 is 34.8 Å². The fourth-order valence-corrected chi connectivity index (χ4v) is 2.18. The number of pyridine rings is 1. The molecule has 0 fully saturated rings. The van der Waals surface area contributed by atoms with Crippen molar-refractivity contribution in [3.63, 3.8) is 0 Å². The Labute approximate surface area is 133 Å². The van der Waals surface area contributed by atoms with Gasteiger partial charge in [0.15, 0.2) is 0 Å². The molecule has 0 aliphatic heterocycles. The molecule has 0 bridgehead atoms. The minimum atomic E-state index is -0.703. The summed E-state index contributed by atoms with van der Waals surface area (Å²) in [6, 6.07) is 5.71. The standard InChI is InChI=1S/C12H6Cl3N3O3/c13-8-2-1-3-9(14)10(8)17-12(19)7-4-6(18(20)21)5-16-11(7)15/h1-5H,(H,17,19). The molecule has 2 aromatic rings. The number of carbonyl (C=O) groups excluding carboxylic acids is 1. The second-order valence-electron chi connectivity index (χ2n) is 3.84. The second kappa shape index (κ2) is 6.26. The van der Waals surface area contributed by atoms with E-state index in [-0.39, 0.29) is 32.1 Å². The Bertz CT molecular complexity index is 717. The quantitative estimate of drug-likeness (QED) is 0.512. The minimum absolute atomic E-state index is 0.151. The van der Waals surface area contributed by atoms with Gasteiger partial charge in [-0.1, -0.05) is 40.9 Å². The molecule has 1 aromatic carbocycles. The van der Waals surface area contributed by atoms with Crippen molar-refractivity contribution in [2.75, 3.05) is 5.32 Å². The summed E-state index contributed by atoms with van der Waals surface area (Å²) < 4.78 is 0. The highest BCUT2D eigenvalue weighted by atomic mass is 35.5. The molecule has 0 atom stereocenters. The second-order valence-corrected chi connectivity index (χ2v) is 5.01. The molecule has 1 heterocycles. The highest BCUT2D eigenvalue weighted by molar-refractivity contribution is 6.40. The number of nitro groups is 1. The molecule has 0 unspecified atom stereocenters. The third-order valence-corrected chi connectivity index (χ3v) is 3.41. The van der Waals surface area contributed by atoms with Crippen molar-refractivity contribution in [3.05, 3.63) is 61.3 Å². The summed E-state index contributed by atoms with van der Waals surface area (Å²) in [4.78, 5) is 25.8. The van der Waals surface area contributed by atoms with E-state index in [9.17, 15) is 14.9 Å². The van der Waals surface area contributed by atoms with Crippen LogP contribution in [0.4, 0.5) is 11.4 Å². The van der Waals surface area contributed by atoms with Crippen LogP contribution in [0.1, 0.15) is 10.4 Å². The zero-order chi connectivity index (χ0) is 15.6. The lowest BCUT2D eigenvalue weighted by molar-refractivity contribution is -0.385. The third-order valence-electron chi connectivity index (χ3n) is 2.48. The average molecular weight is 347 g/mol. The van der Waals surface area contributed by atoms with Crippen LogP contribution in [0.25, 0.3) is 0 Å². The van der Waals surface area contributed by atoms with Gasteiger partial charge in [0.1, 0.15) is 11.3 Å². The Morgan fingerprint density at radius 3 is 2.43 bits per heavy atom. The molecule has 108 valence electrons. The van der Waals surface area contributed by atoms with Crippen LogP contribution in [-0.2, 0) is 0 Å². The van der Waals surface area contributed by atoms with Gasteiger partial charge >= 0.3 is 0 Å². The summed E-state index contributed by atoms with van der Waals surface area (Å²) in [6.45, 7) is 0. The summed E-state index contributed by atoms with van der Waals surface area (Å²) in [6.07, 6.45) is 0.960. The SMILES string of the molecule is O=C(Nc1c(Cl)cccc1Cl)c1cc([N+](=O)[O-])cnc1Cl. The zero-order valence-corrected chi connectivity index (χ0v) is 12.4. The van der Waals surface area contributed by atoms with Gasteiger partial charge in [-0.05, 0) is 12.1 Å². The molecule has 9 heteroatoms. The Morgan fingerprint density at radius 1 is 1.24 bits per heavy atom.